The number of aromatic nitrogens is 1. The second-order valence-corrected chi connectivity index (χ2v) is 13.5. The van der Waals surface area contributed by atoms with E-state index in [0.717, 1.165) is 44.2 Å². The highest BCUT2D eigenvalue weighted by molar-refractivity contribution is 7.99. The minimum atomic E-state index is -0.547. The molecule has 0 radical (unpaired) electrons. The highest BCUT2D eigenvalue weighted by atomic mass is 32.2. The van der Waals surface area contributed by atoms with E-state index in [9.17, 15) is 14.7 Å². The largest absolute Gasteiger partial charge is 0.397 e. The molecule has 0 spiro atoms. The van der Waals surface area contributed by atoms with Gasteiger partial charge in [-0.3, -0.25) is 9.59 Å². The van der Waals surface area contributed by atoms with Crippen LogP contribution in [0.2, 0.25) is 0 Å². The van der Waals surface area contributed by atoms with Gasteiger partial charge in [-0.2, -0.15) is 0 Å². The van der Waals surface area contributed by atoms with E-state index in [-0.39, 0.29) is 43.5 Å². The van der Waals surface area contributed by atoms with E-state index in [0.29, 0.717) is 30.8 Å². The van der Waals surface area contributed by atoms with E-state index in [1.165, 1.54) is 0 Å². The molecule has 5 aromatic rings. The van der Waals surface area contributed by atoms with Crippen molar-refractivity contribution in [2.45, 2.75) is 62.4 Å². The number of anilines is 2. The van der Waals surface area contributed by atoms with E-state index < -0.39 is 6.29 Å². The molecule has 3 atom stereocenters. The molecular formula is C41H42N4O5S. The SMILES string of the molecule is Nc1ccccc1NC(=O)CCCC(=O)NCc1cccc(-c2ccc(C3OC(CSc4ccccn4)CC(c4ccc(CO)cc4)O3)cc2)c1. The van der Waals surface area contributed by atoms with Crippen molar-refractivity contribution in [3.63, 3.8) is 0 Å². The molecule has 9 nitrogen and oxygen atoms in total. The fourth-order valence-corrected chi connectivity index (χ4v) is 6.73. The molecule has 1 saturated heterocycles. The van der Waals surface area contributed by atoms with Crippen molar-refractivity contribution in [3.8, 4) is 11.1 Å². The number of para-hydroxylation sites is 2. The Bertz CT molecular complexity index is 1890. The standard InChI is InChI=1S/C41H42N4O5S/c42-35-9-1-2-10-36(35)45-39(48)12-6-11-38(47)44-25-29-7-5-8-33(23-29)30-18-20-32(21-19-30)41-49-34(27-51-40-13-3-4-22-43-40)24-37(50-41)31-16-14-28(26-46)15-17-31/h1-5,7-10,13-23,34,37,41,46H,6,11-12,24-27,42H2,(H,44,47)(H,45,48). The molecule has 2 heterocycles. The molecule has 5 N–H and O–H groups in total. The van der Waals surface area contributed by atoms with Crippen molar-refractivity contribution in [2.75, 3.05) is 16.8 Å². The monoisotopic (exact) mass is 702 g/mol. The number of thioether (sulfide) groups is 1. The molecule has 6 rings (SSSR count). The number of aliphatic hydroxyl groups excluding tert-OH is 1. The number of hydrogen-bond donors (Lipinski definition) is 4. The van der Waals surface area contributed by atoms with Gasteiger partial charge in [0.2, 0.25) is 11.8 Å². The molecule has 1 aromatic heterocycles. The van der Waals surface area contributed by atoms with Crippen molar-refractivity contribution < 1.29 is 24.2 Å². The molecule has 1 fully saturated rings. The number of carbonyl (C=O) groups excluding carboxylic acids is 2. The summed E-state index contributed by atoms with van der Waals surface area (Å²) >= 11 is 1.67. The number of amides is 2. The zero-order valence-corrected chi connectivity index (χ0v) is 29.1. The third-order valence-corrected chi connectivity index (χ3v) is 9.72. The van der Waals surface area contributed by atoms with Gasteiger partial charge in [0.05, 0.1) is 35.2 Å². The minimum Gasteiger partial charge on any atom is -0.397 e. The molecule has 0 aliphatic carbocycles. The lowest BCUT2D eigenvalue weighted by atomic mass is 9.99. The first-order valence-corrected chi connectivity index (χ1v) is 18.1. The van der Waals surface area contributed by atoms with Crippen molar-refractivity contribution in [1.29, 1.82) is 0 Å². The highest BCUT2D eigenvalue weighted by Crippen LogP contribution is 2.39. The van der Waals surface area contributed by atoms with E-state index in [2.05, 4.69) is 33.8 Å². The average molecular weight is 703 g/mol. The Kier molecular flexibility index (Phi) is 12.5. The van der Waals surface area contributed by atoms with Crippen molar-refractivity contribution in [2.24, 2.45) is 0 Å². The summed E-state index contributed by atoms with van der Waals surface area (Å²) in [6, 6.07) is 37.2. The Hall–Kier alpha value is -5.00. The van der Waals surface area contributed by atoms with Gasteiger partial charge in [0, 0.05) is 43.3 Å². The van der Waals surface area contributed by atoms with Crippen LogP contribution in [0.5, 0.6) is 0 Å². The number of nitrogens with zero attached hydrogens (tertiary/aromatic N) is 1. The molecule has 3 unspecified atom stereocenters. The first-order chi connectivity index (χ1) is 24.9. The molecule has 1 aliphatic rings. The normalized spacial score (nSPS) is 17.1. The van der Waals surface area contributed by atoms with Gasteiger partial charge in [0.1, 0.15) is 0 Å². The van der Waals surface area contributed by atoms with E-state index in [1.807, 2.05) is 78.9 Å². The number of hydrogen-bond acceptors (Lipinski definition) is 8. The van der Waals surface area contributed by atoms with Gasteiger partial charge >= 0.3 is 0 Å². The second-order valence-electron chi connectivity index (χ2n) is 12.4. The predicted molar refractivity (Wildman–Crippen MR) is 200 cm³/mol. The third-order valence-electron chi connectivity index (χ3n) is 8.65. The Morgan fingerprint density at radius 3 is 2.33 bits per heavy atom. The summed E-state index contributed by atoms with van der Waals surface area (Å²) in [4.78, 5) is 29.2. The van der Waals surface area contributed by atoms with Gasteiger partial charge < -0.3 is 30.9 Å². The number of nitrogen functional groups attached to an aromatic ring is 1. The Morgan fingerprint density at radius 1 is 0.804 bits per heavy atom. The Balaban J connectivity index is 1.04. The lowest BCUT2D eigenvalue weighted by Crippen LogP contribution is -2.31. The highest BCUT2D eigenvalue weighted by Gasteiger charge is 2.32. The molecule has 262 valence electrons. The van der Waals surface area contributed by atoms with Crippen LogP contribution in [0.4, 0.5) is 11.4 Å². The Labute approximate surface area is 302 Å². The van der Waals surface area contributed by atoms with Crippen LogP contribution < -0.4 is 16.4 Å². The molecule has 1 aliphatic heterocycles. The average Bonchev–Trinajstić information content (AvgIpc) is 3.17. The van der Waals surface area contributed by atoms with E-state index >= 15 is 0 Å². The topological polar surface area (TPSA) is 136 Å². The minimum absolute atomic E-state index is 0.00123. The number of carbonyl (C=O) groups is 2. The summed E-state index contributed by atoms with van der Waals surface area (Å²) in [6.07, 6.45) is 2.65. The summed E-state index contributed by atoms with van der Waals surface area (Å²) in [5.74, 6) is 0.459. The maximum Gasteiger partial charge on any atom is 0.224 e. The maximum atomic E-state index is 12.5. The molecule has 0 bridgehead atoms. The third kappa shape index (κ3) is 10.3. The first-order valence-electron chi connectivity index (χ1n) is 17.1. The van der Waals surface area contributed by atoms with Crippen LogP contribution in [0.25, 0.3) is 11.1 Å². The summed E-state index contributed by atoms with van der Waals surface area (Å²) in [6.45, 7) is 0.387. The first kappa shape index (κ1) is 35.8. The number of benzene rings is 4. The van der Waals surface area contributed by atoms with Gasteiger partial charge in [-0.15, -0.1) is 11.8 Å². The zero-order chi connectivity index (χ0) is 35.4. The van der Waals surface area contributed by atoms with E-state index in [4.69, 9.17) is 15.2 Å². The molecule has 10 heteroatoms. The fraction of sp³-hybridized carbons (Fsp3) is 0.244. The molecule has 4 aromatic carbocycles. The summed E-state index contributed by atoms with van der Waals surface area (Å²) in [5, 5.41) is 16.2. The lowest BCUT2D eigenvalue weighted by molar-refractivity contribution is -0.245. The number of nitrogens with one attached hydrogen (secondary N) is 2. The van der Waals surface area contributed by atoms with Gasteiger partial charge in [-0.1, -0.05) is 84.9 Å². The van der Waals surface area contributed by atoms with Crippen LogP contribution >= 0.6 is 11.8 Å². The number of ether oxygens (including phenoxy) is 2. The summed E-state index contributed by atoms with van der Waals surface area (Å²) < 4.78 is 13.0. The van der Waals surface area contributed by atoms with Crippen molar-refractivity contribution in [3.05, 3.63) is 144 Å². The van der Waals surface area contributed by atoms with E-state index in [1.54, 1.807) is 36.2 Å². The van der Waals surface area contributed by atoms with Crippen molar-refractivity contribution in [1.82, 2.24) is 10.3 Å². The summed E-state index contributed by atoms with van der Waals surface area (Å²) in [7, 11) is 0. The fourth-order valence-electron chi connectivity index (χ4n) is 5.85. The van der Waals surface area contributed by atoms with Gasteiger partial charge in [0.25, 0.3) is 0 Å². The van der Waals surface area contributed by atoms with Crippen LogP contribution in [0.3, 0.4) is 0 Å². The van der Waals surface area contributed by atoms with Gasteiger partial charge in [0.15, 0.2) is 6.29 Å². The maximum absolute atomic E-state index is 12.5. The number of nitrogens with two attached hydrogens (primary N) is 1. The van der Waals surface area contributed by atoms with Gasteiger partial charge in [-0.25, -0.2) is 4.98 Å². The summed E-state index contributed by atoms with van der Waals surface area (Å²) in [5.41, 5.74) is 12.8. The molecule has 51 heavy (non-hydrogen) atoms. The molecule has 0 saturated carbocycles. The number of rotatable bonds is 14. The van der Waals surface area contributed by atoms with Crippen LogP contribution in [-0.2, 0) is 32.2 Å². The van der Waals surface area contributed by atoms with Crippen LogP contribution in [-0.4, -0.2) is 33.8 Å². The number of pyridine rings is 1. The molecule has 2 amide bonds. The van der Waals surface area contributed by atoms with Gasteiger partial charge in [-0.05, 0) is 64.6 Å². The quantitative estimate of drug-likeness (QED) is 0.0687. The predicted octanol–water partition coefficient (Wildman–Crippen LogP) is 7.59. The lowest BCUT2D eigenvalue weighted by Gasteiger charge is -2.36. The van der Waals surface area contributed by atoms with Crippen LogP contribution in [0.15, 0.2) is 126 Å². The van der Waals surface area contributed by atoms with Crippen LogP contribution in [0.1, 0.15) is 60.3 Å². The van der Waals surface area contributed by atoms with Crippen molar-refractivity contribution >= 4 is 35.0 Å². The molecular weight excluding hydrogens is 661 g/mol. The smallest absolute Gasteiger partial charge is 0.224 e. The zero-order valence-electron chi connectivity index (χ0n) is 28.2. The Morgan fingerprint density at radius 2 is 1.57 bits per heavy atom. The number of aliphatic hydroxyl groups is 1. The van der Waals surface area contributed by atoms with Crippen LogP contribution in [0, 0.1) is 0 Å². The second kappa shape index (κ2) is 17.8.